The van der Waals surface area contributed by atoms with E-state index in [4.69, 9.17) is 11.6 Å². The van der Waals surface area contributed by atoms with Crippen LogP contribution in [-0.4, -0.2) is 26.2 Å². The molecule has 0 aliphatic heterocycles. The highest BCUT2D eigenvalue weighted by atomic mass is 35.5. The Balaban J connectivity index is 2.50. The fraction of sp³-hybridized carbons (Fsp3) is 0.417. The lowest BCUT2D eigenvalue weighted by Gasteiger charge is -2.15. The molecule has 2 aromatic rings. The van der Waals surface area contributed by atoms with E-state index in [9.17, 15) is 13.2 Å². The van der Waals surface area contributed by atoms with E-state index < -0.39 is 11.7 Å². The molecule has 1 aromatic carbocycles. The van der Waals surface area contributed by atoms with Gasteiger partial charge in [0.15, 0.2) is 5.82 Å². The molecule has 0 unspecified atom stereocenters. The summed E-state index contributed by atoms with van der Waals surface area (Å²) >= 11 is 5.92. The molecule has 0 amide bonds. The van der Waals surface area contributed by atoms with Crippen LogP contribution in [0.2, 0.25) is 5.02 Å². The molecule has 1 heterocycles. The highest BCUT2D eigenvalue weighted by Crippen LogP contribution is 2.37. The third-order valence-corrected chi connectivity index (χ3v) is 3.01. The molecule has 1 aromatic heterocycles. The number of rotatable bonds is 4. The molecule has 0 aliphatic carbocycles. The van der Waals surface area contributed by atoms with Crippen molar-refractivity contribution in [1.29, 1.82) is 0 Å². The maximum atomic E-state index is 13.1. The minimum atomic E-state index is -4.55. The zero-order chi connectivity index (χ0) is 15.6. The van der Waals surface area contributed by atoms with Crippen LogP contribution in [0.4, 0.5) is 13.2 Å². The van der Waals surface area contributed by atoms with Gasteiger partial charge in [-0.15, -0.1) is 5.10 Å². The summed E-state index contributed by atoms with van der Waals surface area (Å²) < 4.78 is 40.3. The molecule has 9 heteroatoms. The van der Waals surface area contributed by atoms with E-state index in [1.807, 2.05) is 13.8 Å². The molecule has 1 N–H and O–H groups in total. The predicted octanol–water partition coefficient (Wildman–Crippen LogP) is 2.83. The molecule has 0 aliphatic rings. The number of tetrazole rings is 1. The Kier molecular flexibility index (Phi) is 4.48. The summed E-state index contributed by atoms with van der Waals surface area (Å²) in [6.45, 7) is 4.04. The van der Waals surface area contributed by atoms with Crippen molar-refractivity contribution in [1.82, 2.24) is 25.5 Å². The first-order valence-corrected chi connectivity index (χ1v) is 6.55. The van der Waals surface area contributed by atoms with E-state index in [2.05, 4.69) is 20.8 Å². The number of benzene rings is 1. The van der Waals surface area contributed by atoms with Gasteiger partial charge in [-0.3, -0.25) is 0 Å². The normalized spacial score (nSPS) is 12.1. The topological polar surface area (TPSA) is 55.6 Å². The minimum absolute atomic E-state index is 0.0667. The van der Waals surface area contributed by atoms with E-state index in [1.54, 1.807) is 0 Å². The van der Waals surface area contributed by atoms with E-state index in [-0.39, 0.29) is 29.1 Å². The van der Waals surface area contributed by atoms with Crippen LogP contribution < -0.4 is 5.32 Å². The van der Waals surface area contributed by atoms with Crippen molar-refractivity contribution in [3.05, 3.63) is 34.6 Å². The van der Waals surface area contributed by atoms with E-state index in [1.165, 1.54) is 12.1 Å². The summed E-state index contributed by atoms with van der Waals surface area (Å²) in [5, 5.41) is 13.8. The van der Waals surface area contributed by atoms with Crippen molar-refractivity contribution in [3.8, 4) is 5.69 Å². The van der Waals surface area contributed by atoms with Gasteiger partial charge in [0.2, 0.25) is 0 Å². The fourth-order valence-electron chi connectivity index (χ4n) is 1.74. The number of hydrogen-bond donors (Lipinski definition) is 1. The number of nitrogens with zero attached hydrogens (tertiary/aromatic N) is 4. The average Bonchev–Trinajstić information content (AvgIpc) is 2.83. The Morgan fingerprint density at radius 2 is 2.05 bits per heavy atom. The summed E-state index contributed by atoms with van der Waals surface area (Å²) in [7, 11) is 0. The Hall–Kier alpha value is -1.67. The maximum absolute atomic E-state index is 13.1. The number of hydrogen-bond acceptors (Lipinski definition) is 4. The highest BCUT2D eigenvalue weighted by molar-refractivity contribution is 6.32. The first-order valence-electron chi connectivity index (χ1n) is 6.17. The van der Waals surface area contributed by atoms with Crippen LogP contribution in [0.1, 0.15) is 25.2 Å². The van der Waals surface area contributed by atoms with Gasteiger partial charge in [0.05, 0.1) is 22.8 Å². The van der Waals surface area contributed by atoms with E-state index in [0.717, 1.165) is 10.7 Å². The van der Waals surface area contributed by atoms with Crippen LogP contribution in [0.15, 0.2) is 18.2 Å². The van der Waals surface area contributed by atoms with Gasteiger partial charge in [0.1, 0.15) is 0 Å². The zero-order valence-electron chi connectivity index (χ0n) is 11.3. The lowest BCUT2D eigenvalue weighted by molar-refractivity contribution is -0.137. The molecule has 0 saturated heterocycles. The molecule has 21 heavy (non-hydrogen) atoms. The van der Waals surface area contributed by atoms with Crippen LogP contribution in [0.3, 0.4) is 0 Å². The zero-order valence-corrected chi connectivity index (χ0v) is 12.1. The number of alkyl halides is 3. The SMILES string of the molecule is CC(C)NCc1nnnn1-c1c(Cl)cccc1C(F)(F)F. The number of para-hydroxylation sites is 1. The van der Waals surface area contributed by atoms with Gasteiger partial charge < -0.3 is 5.32 Å². The summed E-state index contributed by atoms with van der Waals surface area (Å²) in [5.41, 5.74) is -1.15. The third-order valence-electron chi connectivity index (χ3n) is 2.71. The van der Waals surface area contributed by atoms with Gasteiger partial charge in [-0.1, -0.05) is 31.5 Å². The van der Waals surface area contributed by atoms with Crippen molar-refractivity contribution in [2.45, 2.75) is 32.6 Å². The van der Waals surface area contributed by atoms with E-state index in [0.29, 0.717) is 0 Å². The summed E-state index contributed by atoms with van der Waals surface area (Å²) in [6, 6.07) is 3.70. The largest absolute Gasteiger partial charge is 0.418 e. The lowest BCUT2D eigenvalue weighted by Crippen LogP contribution is -2.24. The first kappa shape index (κ1) is 15.7. The summed E-state index contributed by atoms with van der Waals surface area (Å²) in [5.74, 6) is 0.252. The van der Waals surface area contributed by atoms with Gasteiger partial charge in [0.25, 0.3) is 0 Å². The minimum Gasteiger partial charge on any atom is -0.308 e. The highest BCUT2D eigenvalue weighted by Gasteiger charge is 2.35. The standard InChI is InChI=1S/C12H13ClF3N5/c1-7(2)17-6-10-18-19-20-21(10)11-8(12(14,15)16)4-3-5-9(11)13/h3-5,7,17H,6H2,1-2H3. The maximum Gasteiger partial charge on any atom is 0.418 e. The van der Waals surface area contributed by atoms with Crippen molar-refractivity contribution >= 4 is 11.6 Å². The second-order valence-electron chi connectivity index (χ2n) is 4.68. The molecule has 0 spiro atoms. The molecule has 2 rings (SSSR count). The van der Waals surface area contributed by atoms with Crippen LogP contribution in [0.5, 0.6) is 0 Å². The Bertz CT molecular complexity index is 624. The molecular formula is C12H13ClF3N5. The average molecular weight is 320 g/mol. The van der Waals surface area contributed by atoms with Gasteiger partial charge in [-0.05, 0) is 22.6 Å². The quantitative estimate of drug-likeness (QED) is 0.941. The predicted molar refractivity (Wildman–Crippen MR) is 71.1 cm³/mol. The molecule has 0 fully saturated rings. The Morgan fingerprint density at radius 1 is 1.33 bits per heavy atom. The van der Waals surface area contributed by atoms with Crippen molar-refractivity contribution in [2.24, 2.45) is 0 Å². The molecule has 5 nitrogen and oxygen atoms in total. The number of aromatic nitrogens is 4. The number of halogens is 4. The van der Waals surface area contributed by atoms with Gasteiger partial charge >= 0.3 is 6.18 Å². The second kappa shape index (κ2) is 5.98. The van der Waals surface area contributed by atoms with Gasteiger partial charge in [-0.2, -0.15) is 17.9 Å². The fourth-order valence-corrected chi connectivity index (χ4v) is 2.00. The number of nitrogens with one attached hydrogen (secondary N) is 1. The summed E-state index contributed by atoms with van der Waals surface area (Å²) in [4.78, 5) is 0. The van der Waals surface area contributed by atoms with Crippen LogP contribution >= 0.6 is 11.6 Å². The monoisotopic (exact) mass is 319 g/mol. The van der Waals surface area contributed by atoms with Gasteiger partial charge in [-0.25, -0.2) is 0 Å². The van der Waals surface area contributed by atoms with Gasteiger partial charge in [0, 0.05) is 6.04 Å². The second-order valence-corrected chi connectivity index (χ2v) is 5.08. The first-order chi connectivity index (χ1) is 9.80. The van der Waals surface area contributed by atoms with Crippen LogP contribution in [0.25, 0.3) is 5.69 Å². The Morgan fingerprint density at radius 3 is 2.67 bits per heavy atom. The molecular weight excluding hydrogens is 307 g/mol. The summed E-state index contributed by atoms with van der Waals surface area (Å²) in [6.07, 6.45) is -4.55. The smallest absolute Gasteiger partial charge is 0.308 e. The Labute approximate surface area is 124 Å². The molecule has 0 atom stereocenters. The third kappa shape index (κ3) is 3.51. The van der Waals surface area contributed by atoms with Crippen LogP contribution in [-0.2, 0) is 12.7 Å². The van der Waals surface area contributed by atoms with Crippen molar-refractivity contribution in [2.75, 3.05) is 0 Å². The molecule has 0 bridgehead atoms. The molecule has 0 saturated carbocycles. The lowest BCUT2D eigenvalue weighted by atomic mass is 10.1. The molecule has 114 valence electrons. The van der Waals surface area contributed by atoms with Crippen molar-refractivity contribution in [3.63, 3.8) is 0 Å². The van der Waals surface area contributed by atoms with Crippen LogP contribution in [0, 0.1) is 0 Å². The van der Waals surface area contributed by atoms with Crippen molar-refractivity contribution < 1.29 is 13.2 Å². The molecule has 0 radical (unpaired) electrons. The van der Waals surface area contributed by atoms with E-state index >= 15 is 0 Å².